The van der Waals surface area contributed by atoms with Gasteiger partial charge in [0.1, 0.15) is 5.82 Å². The third-order valence-corrected chi connectivity index (χ3v) is 4.71. The number of carboxylic acids is 1. The number of carbonyl (C=O) groups is 2. The third kappa shape index (κ3) is 2.87. The molecule has 1 aliphatic carbocycles. The molecule has 3 rings (SSSR count). The summed E-state index contributed by atoms with van der Waals surface area (Å²) in [6, 6.07) is 10.5. The molecule has 6 heteroatoms. The lowest BCUT2D eigenvalue weighted by molar-refractivity contribution is -0.147. The predicted molar refractivity (Wildman–Crippen MR) is 89.0 cm³/mol. The molecule has 0 heterocycles. The van der Waals surface area contributed by atoms with Crippen LogP contribution in [0.3, 0.4) is 0 Å². The second-order valence-electron chi connectivity index (χ2n) is 5.90. The van der Waals surface area contributed by atoms with Gasteiger partial charge in [0, 0.05) is 10.6 Å². The predicted octanol–water partition coefficient (Wildman–Crippen LogP) is 4.24. The first-order valence-electron chi connectivity index (χ1n) is 7.53. The SMILES string of the molecule is O=C(Nc1ccc(C2(C(=O)O)CCC2)cc1F)c1cccc(Cl)c1. The largest absolute Gasteiger partial charge is 0.481 e. The first-order chi connectivity index (χ1) is 11.4. The molecular weight excluding hydrogens is 333 g/mol. The summed E-state index contributed by atoms with van der Waals surface area (Å²) in [5, 5.41) is 12.3. The summed E-state index contributed by atoms with van der Waals surface area (Å²) in [5.41, 5.74) is -0.258. The topological polar surface area (TPSA) is 66.4 Å². The van der Waals surface area contributed by atoms with Crippen molar-refractivity contribution >= 4 is 29.2 Å². The third-order valence-electron chi connectivity index (χ3n) is 4.47. The van der Waals surface area contributed by atoms with Crippen LogP contribution < -0.4 is 5.32 Å². The van der Waals surface area contributed by atoms with Crippen LogP contribution >= 0.6 is 11.6 Å². The minimum atomic E-state index is -1.00. The molecule has 2 aromatic carbocycles. The van der Waals surface area contributed by atoms with Gasteiger partial charge in [-0.15, -0.1) is 0 Å². The van der Waals surface area contributed by atoms with Crippen LogP contribution in [0, 0.1) is 5.82 Å². The fraction of sp³-hybridized carbons (Fsp3) is 0.222. The van der Waals surface area contributed by atoms with E-state index in [0.717, 1.165) is 6.42 Å². The van der Waals surface area contributed by atoms with Crippen LogP contribution in [0.4, 0.5) is 10.1 Å². The van der Waals surface area contributed by atoms with Crippen LogP contribution in [-0.2, 0) is 10.2 Å². The number of aliphatic carboxylic acids is 1. The Morgan fingerprint density at radius 3 is 2.46 bits per heavy atom. The van der Waals surface area contributed by atoms with Gasteiger partial charge in [-0.1, -0.05) is 30.2 Å². The van der Waals surface area contributed by atoms with E-state index in [2.05, 4.69) is 5.32 Å². The van der Waals surface area contributed by atoms with Crippen molar-refractivity contribution in [2.24, 2.45) is 0 Å². The Kier molecular flexibility index (Phi) is 4.28. The van der Waals surface area contributed by atoms with E-state index in [1.165, 1.54) is 18.2 Å². The Labute approximate surface area is 143 Å². The Bertz CT molecular complexity index is 818. The van der Waals surface area contributed by atoms with E-state index in [1.54, 1.807) is 24.3 Å². The maximum atomic E-state index is 14.3. The summed E-state index contributed by atoms with van der Waals surface area (Å²) >= 11 is 5.84. The average molecular weight is 348 g/mol. The zero-order valence-corrected chi connectivity index (χ0v) is 13.4. The van der Waals surface area contributed by atoms with E-state index in [0.29, 0.717) is 29.0 Å². The number of carboxylic acid groups (broad SMARTS) is 1. The van der Waals surface area contributed by atoms with E-state index in [1.807, 2.05) is 0 Å². The first-order valence-corrected chi connectivity index (χ1v) is 7.90. The monoisotopic (exact) mass is 347 g/mol. The molecule has 1 amide bonds. The molecule has 0 atom stereocenters. The molecule has 1 aliphatic rings. The summed E-state index contributed by atoms with van der Waals surface area (Å²) in [7, 11) is 0. The number of hydrogen-bond donors (Lipinski definition) is 2. The Balaban J connectivity index is 1.83. The Morgan fingerprint density at radius 2 is 1.92 bits per heavy atom. The van der Waals surface area contributed by atoms with E-state index >= 15 is 0 Å². The molecule has 0 aliphatic heterocycles. The number of anilines is 1. The van der Waals surface area contributed by atoms with Gasteiger partial charge in [-0.25, -0.2) is 4.39 Å². The molecule has 0 bridgehead atoms. The minimum Gasteiger partial charge on any atom is -0.481 e. The van der Waals surface area contributed by atoms with Gasteiger partial charge in [0.15, 0.2) is 0 Å². The van der Waals surface area contributed by atoms with E-state index in [-0.39, 0.29) is 5.69 Å². The quantitative estimate of drug-likeness (QED) is 0.869. The van der Waals surface area contributed by atoms with Gasteiger partial charge in [-0.05, 0) is 48.7 Å². The highest BCUT2D eigenvalue weighted by atomic mass is 35.5. The summed E-state index contributed by atoms with van der Waals surface area (Å²) in [5.74, 6) is -2.08. The van der Waals surface area contributed by atoms with E-state index in [4.69, 9.17) is 11.6 Å². The summed E-state index contributed by atoms with van der Waals surface area (Å²) in [4.78, 5) is 23.6. The lowest BCUT2D eigenvalue weighted by Gasteiger charge is -2.38. The molecule has 0 radical (unpaired) electrons. The molecule has 4 nitrogen and oxygen atoms in total. The van der Waals surface area contributed by atoms with Crippen molar-refractivity contribution < 1.29 is 19.1 Å². The molecule has 0 aromatic heterocycles. The number of hydrogen-bond acceptors (Lipinski definition) is 2. The normalized spacial score (nSPS) is 15.4. The van der Waals surface area contributed by atoms with Gasteiger partial charge in [0.2, 0.25) is 0 Å². The lowest BCUT2D eigenvalue weighted by atomic mass is 9.64. The standard InChI is InChI=1S/C18H15ClFNO3/c19-13-4-1-3-11(9-13)16(22)21-15-6-5-12(10-14(15)20)18(17(23)24)7-2-8-18/h1,3-6,9-10H,2,7-8H2,(H,21,22)(H,23,24). The van der Waals surface area contributed by atoms with Gasteiger partial charge in [0.05, 0.1) is 11.1 Å². The molecule has 0 spiro atoms. The van der Waals surface area contributed by atoms with Crippen molar-refractivity contribution in [1.82, 2.24) is 0 Å². The second-order valence-corrected chi connectivity index (χ2v) is 6.34. The zero-order chi connectivity index (χ0) is 17.3. The van der Waals surface area contributed by atoms with E-state index < -0.39 is 23.1 Å². The van der Waals surface area contributed by atoms with Gasteiger partial charge in [0.25, 0.3) is 5.91 Å². The Hall–Kier alpha value is -2.40. The van der Waals surface area contributed by atoms with Gasteiger partial charge in [-0.2, -0.15) is 0 Å². The van der Waals surface area contributed by atoms with Crippen molar-refractivity contribution in [3.63, 3.8) is 0 Å². The molecule has 0 unspecified atom stereocenters. The van der Waals surface area contributed by atoms with Crippen LogP contribution in [0.15, 0.2) is 42.5 Å². The summed E-state index contributed by atoms with van der Waals surface area (Å²) in [6.07, 6.45) is 1.80. The highest BCUT2D eigenvalue weighted by Crippen LogP contribution is 2.44. The zero-order valence-electron chi connectivity index (χ0n) is 12.7. The van der Waals surface area contributed by atoms with Crippen LogP contribution in [0.2, 0.25) is 5.02 Å². The first kappa shape index (κ1) is 16.5. The molecule has 2 N–H and O–H groups in total. The molecule has 1 fully saturated rings. The number of nitrogens with one attached hydrogen (secondary N) is 1. The number of halogens is 2. The van der Waals surface area contributed by atoms with Crippen molar-refractivity contribution in [3.05, 3.63) is 64.4 Å². The van der Waals surface area contributed by atoms with E-state index in [9.17, 15) is 19.1 Å². The van der Waals surface area contributed by atoms with Gasteiger partial charge >= 0.3 is 5.97 Å². The molecule has 124 valence electrons. The molecule has 2 aromatic rings. The van der Waals surface area contributed by atoms with Crippen LogP contribution in [-0.4, -0.2) is 17.0 Å². The fourth-order valence-electron chi connectivity index (χ4n) is 2.89. The van der Waals surface area contributed by atoms with Gasteiger partial charge in [-0.3, -0.25) is 9.59 Å². The smallest absolute Gasteiger partial charge is 0.314 e. The fourth-order valence-corrected chi connectivity index (χ4v) is 3.08. The second kappa shape index (κ2) is 6.24. The number of rotatable bonds is 4. The van der Waals surface area contributed by atoms with Gasteiger partial charge < -0.3 is 10.4 Å². The van der Waals surface area contributed by atoms with Crippen LogP contribution in [0.25, 0.3) is 0 Å². The van der Waals surface area contributed by atoms with Crippen molar-refractivity contribution in [3.8, 4) is 0 Å². The minimum absolute atomic E-state index is 0.00332. The molecular formula is C18H15ClFNO3. The summed E-state index contributed by atoms with van der Waals surface area (Å²) < 4.78 is 14.3. The average Bonchev–Trinajstić information content (AvgIpc) is 2.48. The highest BCUT2D eigenvalue weighted by molar-refractivity contribution is 6.31. The maximum Gasteiger partial charge on any atom is 0.314 e. The Morgan fingerprint density at radius 1 is 1.17 bits per heavy atom. The number of amides is 1. The number of carbonyl (C=O) groups excluding carboxylic acids is 1. The van der Waals surface area contributed by atoms with Crippen molar-refractivity contribution in [2.45, 2.75) is 24.7 Å². The van der Waals surface area contributed by atoms with Crippen molar-refractivity contribution in [2.75, 3.05) is 5.32 Å². The van der Waals surface area contributed by atoms with Crippen LogP contribution in [0.5, 0.6) is 0 Å². The highest BCUT2D eigenvalue weighted by Gasteiger charge is 2.46. The lowest BCUT2D eigenvalue weighted by Crippen LogP contribution is -2.42. The molecule has 0 saturated heterocycles. The van der Waals surface area contributed by atoms with Crippen molar-refractivity contribution in [1.29, 1.82) is 0 Å². The number of benzene rings is 2. The summed E-state index contributed by atoms with van der Waals surface area (Å²) in [6.45, 7) is 0. The van der Waals surface area contributed by atoms with Crippen LogP contribution in [0.1, 0.15) is 35.2 Å². The molecule has 24 heavy (non-hydrogen) atoms. The maximum absolute atomic E-state index is 14.3. The molecule has 1 saturated carbocycles.